The van der Waals surface area contributed by atoms with Crippen LogP contribution in [0.1, 0.15) is 37.3 Å². The van der Waals surface area contributed by atoms with Crippen LogP contribution in [-0.2, 0) is 16.1 Å². The summed E-state index contributed by atoms with van der Waals surface area (Å²) in [7, 11) is 0. The van der Waals surface area contributed by atoms with E-state index >= 15 is 0 Å². The number of hydrogen-bond acceptors (Lipinski definition) is 3. The Bertz CT molecular complexity index is 646. The molecule has 0 spiro atoms. The second-order valence-electron chi connectivity index (χ2n) is 6.28. The van der Waals surface area contributed by atoms with Crippen molar-refractivity contribution in [2.24, 2.45) is 5.92 Å². The van der Waals surface area contributed by atoms with Gasteiger partial charge in [0.2, 0.25) is 0 Å². The molecular weight excluding hydrogens is 288 g/mol. The van der Waals surface area contributed by atoms with E-state index in [4.69, 9.17) is 9.47 Å². The Balaban J connectivity index is 1.53. The van der Waals surface area contributed by atoms with Gasteiger partial charge in [0.15, 0.2) is 0 Å². The fraction of sp³-hybridized carbons (Fsp3) is 0.350. The molecule has 0 bridgehead atoms. The fourth-order valence-corrected chi connectivity index (χ4v) is 2.70. The lowest BCUT2D eigenvalue weighted by molar-refractivity contribution is -0.149. The van der Waals surface area contributed by atoms with Gasteiger partial charge in [-0.2, -0.15) is 0 Å². The molecule has 3 heteroatoms. The first kappa shape index (κ1) is 15.6. The van der Waals surface area contributed by atoms with Gasteiger partial charge in [0.1, 0.15) is 12.4 Å². The third-order valence-electron chi connectivity index (χ3n) is 4.00. The predicted molar refractivity (Wildman–Crippen MR) is 89.3 cm³/mol. The highest BCUT2D eigenvalue weighted by Crippen LogP contribution is 2.48. The van der Waals surface area contributed by atoms with Crippen LogP contribution in [0.5, 0.6) is 5.75 Å². The summed E-state index contributed by atoms with van der Waals surface area (Å²) in [6.45, 7) is 4.33. The van der Waals surface area contributed by atoms with E-state index < -0.39 is 0 Å². The van der Waals surface area contributed by atoms with Gasteiger partial charge in [-0.3, -0.25) is 4.79 Å². The maximum absolute atomic E-state index is 11.9. The van der Waals surface area contributed by atoms with E-state index in [2.05, 4.69) is 0 Å². The Kier molecular flexibility index (Phi) is 4.65. The number of benzene rings is 2. The number of ether oxygens (including phenoxy) is 2. The van der Waals surface area contributed by atoms with Crippen LogP contribution >= 0.6 is 0 Å². The molecule has 3 nitrogen and oxygen atoms in total. The van der Waals surface area contributed by atoms with Crippen molar-refractivity contribution in [1.82, 2.24) is 0 Å². The molecule has 2 aromatic rings. The van der Waals surface area contributed by atoms with Gasteiger partial charge >= 0.3 is 5.97 Å². The minimum atomic E-state index is -0.0746. The first-order valence-corrected chi connectivity index (χ1v) is 8.10. The zero-order valence-electron chi connectivity index (χ0n) is 13.6. The average molecular weight is 310 g/mol. The van der Waals surface area contributed by atoms with Crippen LogP contribution in [-0.4, -0.2) is 12.1 Å². The summed E-state index contributed by atoms with van der Waals surface area (Å²) < 4.78 is 11.1. The normalized spacial score (nSPS) is 19.4. The highest BCUT2D eigenvalue weighted by atomic mass is 16.5. The molecule has 0 N–H and O–H groups in total. The van der Waals surface area contributed by atoms with Crippen molar-refractivity contribution in [1.29, 1.82) is 0 Å². The lowest BCUT2D eigenvalue weighted by atomic mass is 10.1. The molecule has 0 saturated heterocycles. The van der Waals surface area contributed by atoms with Gasteiger partial charge < -0.3 is 9.47 Å². The van der Waals surface area contributed by atoms with Gasteiger partial charge in [-0.1, -0.05) is 42.5 Å². The van der Waals surface area contributed by atoms with Crippen LogP contribution in [0, 0.1) is 5.92 Å². The number of esters is 1. The topological polar surface area (TPSA) is 35.5 Å². The number of carbonyl (C=O) groups is 1. The highest BCUT2D eigenvalue weighted by Gasteiger charge is 2.45. The summed E-state index contributed by atoms with van der Waals surface area (Å²) in [5, 5.41) is 0. The van der Waals surface area contributed by atoms with Crippen molar-refractivity contribution >= 4 is 5.97 Å². The molecule has 2 atom stereocenters. The van der Waals surface area contributed by atoms with E-state index in [1.165, 1.54) is 5.56 Å². The van der Waals surface area contributed by atoms with Crippen LogP contribution in [0.25, 0.3) is 0 Å². The standard InChI is InChI=1S/C20H22O3/c1-14(2)23-20(21)19-12-18(19)16-8-10-17(11-9-16)22-13-15-6-4-3-5-7-15/h3-11,14,18-19H,12-13H2,1-2H3/t18?,19-/m1/s1. The molecule has 2 aromatic carbocycles. The molecule has 1 saturated carbocycles. The van der Waals surface area contributed by atoms with Crippen LogP contribution in [0.3, 0.4) is 0 Å². The molecule has 1 aliphatic carbocycles. The third kappa shape index (κ3) is 4.13. The van der Waals surface area contributed by atoms with E-state index in [9.17, 15) is 4.79 Å². The summed E-state index contributed by atoms with van der Waals surface area (Å²) >= 11 is 0. The first-order valence-electron chi connectivity index (χ1n) is 8.10. The zero-order valence-corrected chi connectivity index (χ0v) is 13.6. The van der Waals surface area contributed by atoms with E-state index in [0.717, 1.165) is 17.7 Å². The second kappa shape index (κ2) is 6.86. The van der Waals surface area contributed by atoms with Crippen molar-refractivity contribution in [2.45, 2.75) is 38.9 Å². The Morgan fingerprint density at radius 1 is 1.09 bits per heavy atom. The molecule has 120 valence electrons. The SMILES string of the molecule is CC(C)OC(=O)[C@@H]1CC1c1ccc(OCc2ccccc2)cc1. The maximum atomic E-state index is 11.9. The number of rotatable bonds is 6. The van der Waals surface area contributed by atoms with Crippen LogP contribution in [0.2, 0.25) is 0 Å². The summed E-state index contributed by atoms with van der Waals surface area (Å²) in [6, 6.07) is 18.1. The van der Waals surface area contributed by atoms with Crippen molar-refractivity contribution < 1.29 is 14.3 Å². The van der Waals surface area contributed by atoms with Gasteiger partial charge in [-0.05, 0) is 49.4 Å². The molecule has 3 rings (SSSR count). The monoisotopic (exact) mass is 310 g/mol. The molecule has 23 heavy (non-hydrogen) atoms. The molecule has 0 heterocycles. The van der Waals surface area contributed by atoms with E-state index in [1.807, 2.05) is 68.4 Å². The Labute approximate surface area is 137 Å². The Hall–Kier alpha value is -2.29. The van der Waals surface area contributed by atoms with E-state index in [-0.39, 0.29) is 18.0 Å². The average Bonchev–Trinajstić information content (AvgIpc) is 3.35. The summed E-state index contributed by atoms with van der Waals surface area (Å²) in [4.78, 5) is 11.9. The molecule has 0 aliphatic heterocycles. The van der Waals surface area contributed by atoms with Gasteiger partial charge in [0.25, 0.3) is 0 Å². The quantitative estimate of drug-likeness (QED) is 0.745. The zero-order chi connectivity index (χ0) is 16.2. The number of hydrogen-bond donors (Lipinski definition) is 0. The molecule has 1 aliphatic rings. The Morgan fingerprint density at radius 2 is 1.78 bits per heavy atom. The van der Waals surface area contributed by atoms with E-state index in [1.54, 1.807) is 0 Å². The Morgan fingerprint density at radius 3 is 2.43 bits per heavy atom. The van der Waals surface area contributed by atoms with Crippen LogP contribution < -0.4 is 4.74 Å². The molecule has 1 unspecified atom stereocenters. The highest BCUT2D eigenvalue weighted by molar-refractivity contribution is 5.77. The van der Waals surface area contributed by atoms with Gasteiger partial charge in [0.05, 0.1) is 12.0 Å². The minimum absolute atomic E-state index is 0.0217. The smallest absolute Gasteiger partial charge is 0.309 e. The second-order valence-corrected chi connectivity index (χ2v) is 6.28. The number of carbonyl (C=O) groups excluding carboxylic acids is 1. The van der Waals surface area contributed by atoms with Crippen LogP contribution in [0.15, 0.2) is 54.6 Å². The maximum Gasteiger partial charge on any atom is 0.309 e. The largest absolute Gasteiger partial charge is 0.489 e. The van der Waals surface area contributed by atoms with Gasteiger partial charge in [0, 0.05) is 0 Å². The molecule has 1 fully saturated rings. The molecular formula is C20H22O3. The summed E-state index contributed by atoms with van der Waals surface area (Å²) in [5.41, 5.74) is 2.33. The van der Waals surface area contributed by atoms with Gasteiger partial charge in [-0.15, -0.1) is 0 Å². The first-order chi connectivity index (χ1) is 11.1. The predicted octanol–water partition coefficient (Wildman–Crippen LogP) is 4.32. The summed E-state index contributed by atoms with van der Waals surface area (Å²) in [6.07, 6.45) is 0.841. The fourth-order valence-electron chi connectivity index (χ4n) is 2.70. The van der Waals surface area contributed by atoms with Crippen molar-refractivity contribution in [2.75, 3.05) is 0 Å². The van der Waals surface area contributed by atoms with Crippen molar-refractivity contribution in [3.8, 4) is 5.75 Å². The van der Waals surface area contributed by atoms with Crippen molar-refractivity contribution in [3.05, 3.63) is 65.7 Å². The molecule has 0 amide bonds. The van der Waals surface area contributed by atoms with E-state index in [0.29, 0.717) is 12.5 Å². The van der Waals surface area contributed by atoms with Gasteiger partial charge in [-0.25, -0.2) is 0 Å². The minimum Gasteiger partial charge on any atom is -0.489 e. The van der Waals surface area contributed by atoms with Crippen LogP contribution in [0.4, 0.5) is 0 Å². The lowest BCUT2D eigenvalue weighted by Gasteiger charge is -2.08. The molecule has 0 aromatic heterocycles. The lowest BCUT2D eigenvalue weighted by Crippen LogP contribution is -2.13. The summed E-state index contributed by atoms with van der Waals surface area (Å²) in [5.74, 6) is 1.09. The third-order valence-corrected chi connectivity index (χ3v) is 4.00. The molecule has 0 radical (unpaired) electrons. The van der Waals surface area contributed by atoms with Crippen molar-refractivity contribution in [3.63, 3.8) is 0 Å².